The van der Waals surface area contributed by atoms with E-state index in [0.717, 1.165) is 6.42 Å². The first-order valence-corrected chi connectivity index (χ1v) is 14.8. The van der Waals surface area contributed by atoms with Crippen molar-refractivity contribution in [3.05, 3.63) is 11.6 Å². The number of allylic oxidation sites excluding steroid dienone is 1. The fourth-order valence-corrected chi connectivity index (χ4v) is 7.37. The topological polar surface area (TPSA) is 109 Å². The molecule has 220 valence electrons. The van der Waals surface area contributed by atoms with Gasteiger partial charge in [-0.2, -0.15) is 0 Å². The minimum absolute atomic E-state index is 0.0387. The molecule has 1 aliphatic heterocycles. The third-order valence-electron chi connectivity index (χ3n) is 10.2. The third-order valence-corrected chi connectivity index (χ3v) is 10.2. The molecule has 2 amide bonds. The Kier molecular flexibility index (Phi) is 8.18. The van der Waals surface area contributed by atoms with Crippen LogP contribution in [0.2, 0.25) is 0 Å². The van der Waals surface area contributed by atoms with Gasteiger partial charge in [-0.25, -0.2) is 9.59 Å². The first kappa shape index (κ1) is 29.8. The van der Waals surface area contributed by atoms with Crippen molar-refractivity contribution in [1.29, 1.82) is 0 Å². The van der Waals surface area contributed by atoms with Crippen molar-refractivity contribution < 1.29 is 33.7 Å². The highest BCUT2D eigenvalue weighted by Crippen LogP contribution is 2.63. The summed E-state index contributed by atoms with van der Waals surface area (Å²) < 4.78 is 18.5. The quantitative estimate of drug-likeness (QED) is 0.490. The number of fused-ring (bicyclic) bond motifs is 2. The Morgan fingerprint density at radius 2 is 1.59 bits per heavy atom. The minimum Gasteiger partial charge on any atom is -0.445 e. The number of hydrogen-bond acceptors (Lipinski definition) is 7. The van der Waals surface area contributed by atoms with Crippen LogP contribution in [0.3, 0.4) is 0 Å². The molecule has 4 aliphatic rings. The van der Waals surface area contributed by atoms with Crippen molar-refractivity contribution in [2.24, 2.45) is 29.1 Å². The highest BCUT2D eigenvalue weighted by atomic mass is 16.6. The smallest absolute Gasteiger partial charge is 0.410 e. The predicted octanol–water partition coefficient (Wildman–Crippen LogP) is 4.42. The van der Waals surface area contributed by atoms with E-state index in [0.29, 0.717) is 50.7 Å². The van der Waals surface area contributed by atoms with Crippen LogP contribution in [0.4, 0.5) is 9.59 Å². The van der Waals surface area contributed by atoms with Crippen LogP contribution in [0.5, 0.6) is 0 Å². The molecule has 2 saturated carbocycles. The Morgan fingerprint density at radius 1 is 1.05 bits per heavy atom. The van der Waals surface area contributed by atoms with Gasteiger partial charge in [0.25, 0.3) is 0 Å². The van der Waals surface area contributed by atoms with Crippen LogP contribution in [-0.4, -0.2) is 89.1 Å². The summed E-state index contributed by atoms with van der Waals surface area (Å²) >= 11 is 0. The molecule has 3 fully saturated rings. The first-order chi connectivity index (χ1) is 18.3. The van der Waals surface area contributed by atoms with Crippen LogP contribution < -0.4 is 0 Å². The van der Waals surface area contributed by atoms with Crippen LogP contribution in [-0.2, 0) is 19.0 Å². The minimum atomic E-state index is -1.87. The third kappa shape index (κ3) is 5.09. The van der Waals surface area contributed by atoms with Gasteiger partial charge in [0.1, 0.15) is 23.4 Å². The van der Waals surface area contributed by atoms with Gasteiger partial charge in [-0.05, 0) is 82.6 Å². The molecular formula is C30H48N2O7. The van der Waals surface area contributed by atoms with Gasteiger partial charge in [0.05, 0.1) is 12.5 Å². The number of ether oxygens (including phenoxy) is 3. The van der Waals surface area contributed by atoms with Gasteiger partial charge in [0, 0.05) is 26.2 Å². The van der Waals surface area contributed by atoms with Crippen molar-refractivity contribution in [2.75, 3.05) is 32.8 Å². The van der Waals surface area contributed by atoms with Gasteiger partial charge in [-0.15, -0.1) is 0 Å². The number of amides is 2. The summed E-state index contributed by atoms with van der Waals surface area (Å²) in [6.45, 7) is 17.8. The highest BCUT2D eigenvalue weighted by molar-refractivity contribution is 6.02. The van der Waals surface area contributed by atoms with Gasteiger partial charge < -0.3 is 29.1 Å². The normalized spacial score (nSPS) is 39.9. The van der Waals surface area contributed by atoms with Crippen LogP contribution in [0, 0.1) is 29.1 Å². The monoisotopic (exact) mass is 548 g/mol. The molecule has 9 heteroatoms. The van der Waals surface area contributed by atoms with E-state index in [9.17, 15) is 19.5 Å². The Labute approximate surface area is 233 Å². The van der Waals surface area contributed by atoms with Crippen molar-refractivity contribution in [3.8, 4) is 0 Å². The maximum Gasteiger partial charge on any atom is 0.410 e. The maximum atomic E-state index is 14.1. The van der Waals surface area contributed by atoms with E-state index >= 15 is 0 Å². The van der Waals surface area contributed by atoms with Crippen LogP contribution >= 0.6 is 0 Å². The summed E-state index contributed by atoms with van der Waals surface area (Å²) in [5, 5.41) is 12.3. The van der Waals surface area contributed by atoms with Gasteiger partial charge >= 0.3 is 12.2 Å². The molecule has 0 aromatic rings. The summed E-state index contributed by atoms with van der Waals surface area (Å²) in [6.07, 6.45) is 0.793. The maximum absolute atomic E-state index is 14.1. The van der Waals surface area contributed by atoms with Crippen LogP contribution in [0.25, 0.3) is 0 Å². The van der Waals surface area contributed by atoms with E-state index in [1.807, 2.05) is 40.7 Å². The second-order valence-electron chi connectivity index (χ2n) is 12.7. The lowest BCUT2D eigenvalue weighted by atomic mass is 9.74. The average molecular weight is 549 g/mol. The molecule has 0 aromatic heterocycles. The first-order valence-electron chi connectivity index (χ1n) is 14.8. The van der Waals surface area contributed by atoms with Gasteiger partial charge in [-0.3, -0.25) is 4.79 Å². The van der Waals surface area contributed by atoms with Crippen LogP contribution in [0.1, 0.15) is 74.7 Å². The molecule has 0 unspecified atom stereocenters. The van der Waals surface area contributed by atoms with E-state index in [-0.39, 0.29) is 29.5 Å². The summed E-state index contributed by atoms with van der Waals surface area (Å²) in [5.74, 6) is -1.10. The molecule has 1 saturated heterocycles. The standard InChI is InChI=1S/C30H48N2O7/c1-9-31(10-2)26(34)38-23-19(6)16-30(36)22(23)25(39-27(35)32(11-3)12-4)29(17-37-29)14-13-20-21(28(20,7)8)15-18(5)24(30)33/h15,19-23,25,36H,9-14,16-17H2,1-8H3/b18-15+/t19-,20-,21+,22+,23-,25+,29-,30+/m0/s1. The Bertz CT molecular complexity index is 997. The zero-order valence-electron chi connectivity index (χ0n) is 25.0. The van der Waals surface area contributed by atoms with E-state index in [4.69, 9.17) is 14.2 Å². The lowest BCUT2D eigenvalue weighted by Gasteiger charge is -2.40. The SMILES string of the molecule is CCN(CC)C(=O)O[C@@H]1[C@@H]2[C@@H](OC(=O)N(CC)CC)[C@]3(CC[C@H]4[C@@H](/C=C(\C)C(=O)[C@@]2(O)C[C@@H]1C)C4(C)C)CO3. The van der Waals surface area contributed by atoms with Crippen molar-refractivity contribution >= 4 is 18.0 Å². The zero-order valence-corrected chi connectivity index (χ0v) is 25.0. The number of ketones is 1. The largest absolute Gasteiger partial charge is 0.445 e. The summed E-state index contributed by atoms with van der Waals surface area (Å²) in [4.78, 5) is 43.8. The number of aliphatic hydroxyl groups is 1. The van der Waals surface area contributed by atoms with Crippen molar-refractivity contribution in [1.82, 2.24) is 9.80 Å². The number of Topliss-reactive ketones (excluding diaryl/α,β-unsaturated/α-hetero) is 1. The number of carbonyl (C=O) groups excluding carboxylic acids is 3. The summed E-state index contributed by atoms with van der Waals surface area (Å²) in [7, 11) is 0. The number of epoxide rings is 1. The zero-order chi connectivity index (χ0) is 28.9. The number of rotatable bonds is 6. The fourth-order valence-electron chi connectivity index (χ4n) is 7.37. The molecule has 0 bridgehead atoms. The molecule has 39 heavy (non-hydrogen) atoms. The molecule has 0 radical (unpaired) electrons. The Balaban J connectivity index is 1.82. The van der Waals surface area contributed by atoms with E-state index in [1.165, 1.54) is 0 Å². The Hall–Kier alpha value is -2.13. The van der Waals surface area contributed by atoms with Gasteiger partial charge in [0.15, 0.2) is 5.78 Å². The second-order valence-corrected chi connectivity index (χ2v) is 12.7. The Morgan fingerprint density at radius 3 is 2.10 bits per heavy atom. The molecule has 9 nitrogen and oxygen atoms in total. The second kappa shape index (κ2) is 10.7. The molecule has 1 N–H and O–H groups in total. The number of nitrogens with zero attached hydrogens (tertiary/aromatic N) is 2. The lowest BCUT2D eigenvalue weighted by Crippen LogP contribution is -2.57. The molecule has 0 aromatic carbocycles. The molecule has 3 aliphatic carbocycles. The van der Waals surface area contributed by atoms with Crippen molar-refractivity contribution in [2.45, 2.75) is 98.1 Å². The predicted molar refractivity (Wildman–Crippen MR) is 146 cm³/mol. The summed E-state index contributed by atoms with van der Waals surface area (Å²) in [5.41, 5.74) is -2.17. The number of hydrogen-bond donors (Lipinski definition) is 1. The lowest BCUT2D eigenvalue weighted by molar-refractivity contribution is -0.152. The van der Waals surface area contributed by atoms with Gasteiger partial charge in [-0.1, -0.05) is 26.8 Å². The van der Waals surface area contributed by atoms with Gasteiger partial charge in [0.2, 0.25) is 0 Å². The van der Waals surface area contributed by atoms with E-state index in [1.54, 1.807) is 16.7 Å². The van der Waals surface area contributed by atoms with Crippen molar-refractivity contribution in [3.63, 3.8) is 0 Å². The molecule has 8 atom stereocenters. The van der Waals surface area contributed by atoms with E-state index in [2.05, 4.69) is 13.8 Å². The molecule has 1 heterocycles. The summed E-state index contributed by atoms with van der Waals surface area (Å²) in [6, 6.07) is 0. The molecular weight excluding hydrogens is 500 g/mol. The van der Waals surface area contributed by atoms with Crippen LogP contribution in [0.15, 0.2) is 11.6 Å². The average Bonchev–Trinajstić information content (AvgIpc) is 3.75. The molecule has 4 rings (SSSR count). The fraction of sp³-hybridized carbons (Fsp3) is 0.833. The van der Waals surface area contributed by atoms with E-state index < -0.39 is 41.5 Å². The molecule has 1 spiro atoms. The highest BCUT2D eigenvalue weighted by Gasteiger charge is 2.69. The number of carbonyl (C=O) groups is 3.